The monoisotopic (exact) mass is 486 g/mol. The summed E-state index contributed by atoms with van der Waals surface area (Å²) in [6, 6.07) is 14.0. The summed E-state index contributed by atoms with van der Waals surface area (Å²) in [5.74, 6) is -0.824. The van der Waals surface area contributed by atoms with Gasteiger partial charge in [-0.1, -0.05) is 30.3 Å². The molecule has 0 bridgehead atoms. The molecule has 4 rings (SSSR count). The number of alkyl halides is 3. The van der Waals surface area contributed by atoms with Crippen LogP contribution in [0.2, 0.25) is 0 Å². The highest BCUT2D eigenvalue weighted by Crippen LogP contribution is 2.39. The van der Waals surface area contributed by atoms with E-state index in [-0.39, 0.29) is 30.6 Å². The number of rotatable bonds is 5. The van der Waals surface area contributed by atoms with Gasteiger partial charge in [0.25, 0.3) is 5.91 Å². The Kier molecular flexibility index (Phi) is 6.79. The zero-order valence-electron chi connectivity index (χ0n) is 18.9. The van der Waals surface area contributed by atoms with Crippen LogP contribution < -0.4 is 0 Å². The van der Waals surface area contributed by atoms with Gasteiger partial charge >= 0.3 is 6.18 Å². The molecule has 0 saturated heterocycles. The smallest absolute Gasteiger partial charge is 0.330 e. The van der Waals surface area contributed by atoms with Crippen molar-refractivity contribution >= 4 is 23.2 Å². The molecule has 2 amide bonds. The van der Waals surface area contributed by atoms with Gasteiger partial charge in [0.1, 0.15) is 6.54 Å². The number of benzene rings is 2. The molecule has 34 heavy (non-hydrogen) atoms. The summed E-state index contributed by atoms with van der Waals surface area (Å²) in [6.07, 6.45) is -3.81. The first kappa shape index (κ1) is 24.0. The molecule has 1 atom stereocenters. The minimum atomic E-state index is -4.55. The number of thiophene rings is 1. The number of hydrogen-bond acceptors (Lipinski definition) is 3. The van der Waals surface area contributed by atoms with Crippen molar-refractivity contribution in [2.75, 3.05) is 19.6 Å². The van der Waals surface area contributed by atoms with Crippen LogP contribution in [0.4, 0.5) is 13.2 Å². The molecule has 178 valence electrons. The van der Waals surface area contributed by atoms with Crippen LogP contribution in [0, 0.1) is 6.92 Å². The van der Waals surface area contributed by atoms with Crippen LogP contribution in [0.5, 0.6) is 0 Å². The summed E-state index contributed by atoms with van der Waals surface area (Å²) in [6.45, 7) is 4.24. The molecule has 0 spiro atoms. The Bertz CT molecular complexity index is 1200. The molecule has 8 heteroatoms. The second-order valence-electron chi connectivity index (χ2n) is 8.29. The molecule has 1 aliphatic heterocycles. The van der Waals surface area contributed by atoms with Crippen LogP contribution in [0.25, 0.3) is 0 Å². The first-order valence-electron chi connectivity index (χ1n) is 11.1. The summed E-state index contributed by atoms with van der Waals surface area (Å²) >= 11 is 1.67. The van der Waals surface area contributed by atoms with Gasteiger partial charge in [0.15, 0.2) is 0 Å². The van der Waals surface area contributed by atoms with Crippen molar-refractivity contribution in [1.82, 2.24) is 9.80 Å². The highest BCUT2D eigenvalue weighted by Gasteiger charge is 2.35. The number of carbonyl (C=O) groups excluding carboxylic acids is 2. The van der Waals surface area contributed by atoms with Gasteiger partial charge in [-0.05, 0) is 66.6 Å². The number of hydrogen-bond donors (Lipinski definition) is 0. The highest BCUT2D eigenvalue weighted by atomic mass is 32.1. The lowest BCUT2D eigenvalue weighted by Crippen LogP contribution is -2.46. The summed E-state index contributed by atoms with van der Waals surface area (Å²) in [5, 5.41) is 2.03. The van der Waals surface area contributed by atoms with Gasteiger partial charge in [-0.15, -0.1) is 11.3 Å². The maximum atomic E-state index is 13.5. The van der Waals surface area contributed by atoms with Crippen molar-refractivity contribution in [3.05, 3.63) is 92.7 Å². The minimum absolute atomic E-state index is 0.0845. The van der Waals surface area contributed by atoms with Crippen molar-refractivity contribution in [2.24, 2.45) is 0 Å². The Hall–Kier alpha value is -3.13. The number of nitrogens with zero attached hydrogens (tertiary/aromatic N) is 2. The third kappa shape index (κ3) is 4.73. The largest absolute Gasteiger partial charge is 0.416 e. The maximum absolute atomic E-state index is 13.5. The van der Waals surface area contributed by atoms with Crippen LogP contribution in [0.1, 0.15) is 50.5 Å². The molecule has 1 unspecified atom stereocenters. The predicted octanol–water partition coefficient (Wildman–Crippen LogP) is 5.71. The summed E-state index contributed by atoms with van der Waals surface area (Å²) in [4.78, 5) is 30.9. The normalized spacial score (nSPS) is 15.7. The van der Waals surface area contributed by atoms with Crippen LogP contribution in [-0.2, 0) is 17.4 Å². The number of fused-ring (bicyclic) bond motifs is 1. The number of amides is 2. The van der Waals surface area contributed by atoms with E-state index >= 15 is 0 Å². The van der Waals surface area contributed by atoms with Gasteiger partial charge in [0.05, 0.1) is 11.6 Å². The highest BCUT2D eigenvalue weighted by molar-refractivity contribution is 7.10. The summed E-state index contributed by atoms with van der Waals surface area (Å²) in [7, 11) is 0. The van der Waals surface area contributed by atoms with Crippen molar-refractivity contribution in [2.45, 2.75) is 32.5 Å². The van der Waals surface area contributed by atoms with E-state index in [0.717, 1.165) is 35.2 Å². The molecule has 3 aromatic rings. The van der Waals surface area contributed by atoms with E-state index < -0.39 is 17.6 Å². The second-order valence-corrected chi connectivity index (χ2v) is 9.29. The number of halogens is 3. The quantitative estimate of drug-likeness (QED) is 0.463. The van der Waals surface area contributed by atoms with Crippen molar-refractivity contribution < 1.29 is 22.8 Å². The van der Waals surface area contributed by atoms with E-state index in [1.54, 1.807) is 23.2 Å². The van der Waals surface area contributed by atoms with E-state index in [4.69, 9.17) is 0 Å². The van der Waals surface area contributed by atoms with Gasteiger partial charge in [-0.2, -0.15) is 13.2 Å². The van der Waals surface area contributed by atoms with E-state index in [0.29, 0.717) is 6.54 Å². The van der Waals surface area contributed by atoms with Crippen molar-refractivity contribution in [3.8, 4) is 0 Å². The fraction of sp³-hybridized carbons (Fsp3) is 0.308. The van der Waals surface area contributed by atoms with E-state index in [9.17, 15) is 22.8 Å². The molecule has 4 nitrogen and oxygen atoms in total. The third-order valence-electron chi connectivity index (χ3n) is 6.20. The average molecular weight is 487 g/mol. The topological polar surface area (TPSA) is 40.6 Å². The molecule has 0 fully saturated rings. The molecule has 1 aromatic heterocycles. The SMILES string of the molecule is CCN(CC(=O)N1CCc2sccc2C1c1ccccc1C)C(=O)c1cccc(C(F)(F)F)c1. The first-order chi connectivity index (χ1) is 16.2. The van der Waals surface area contributed by atoms with Gasteiger partial charge in [0.2, 0.25) is 5.91 Å². The second kappa shape index (κ2) is 9.62. The number of carbonyl (C=O) groups is 2. The zero-order chi connectivity index (χ0) is 24.5. The Morgan fingerprint density at radius 3 is 2.56 bits per heavy atom. The molecular formula is C26H25F3N2O2S. The minimum Gasteiger partial charge on any atom is -0.330 e. The molecule has 2 heterocycles. The molecule has 0 N–H and O–H groups in total. The fourth-order valence-corrected chi connectivity index (χ4v) is 5.31. The molecule has 0 aliphatic carbocycles. The molecular weight excluding hydrogens is 461 g/mol. The average Bonchev–Trinajstić information content (AvgIpc) is 3.30. The van der Waals surface area contributed by atoms with Crippen LogP contribution >= 0.6 is 11.3 Å². The Morgan fingerprint density at radius 1 is 1.09 bits per heavy atom. The van der Waals surface area contributed by atoms with Crippen molar-refractivity contribution in [3.63, 3.8) is 0 Å². The predicted molar refractivity (Wildman–Crippen MR) is 126 cm³/mol. The van der Waals surface area contributed by atoms with Gasteiger partial charge in [0, 0.05) is 23.5 Å². The molecule has 0 saturated carbocycles. The first-order valence-corrected chi connectivity index (χ1v) is 12.0. The number of likely N-dealkylation sites (N-methyl/N-ethyl adjacent to an activating group) is 1. The van der Waals surface area contributed by atoms with Crippen molar-refractivity contribution in [1.29, 1.82) is 0 Å². The van der Waals surface area contributed by atoms with Gasteiger partial charge in [-0.3, -0.25) is 9.59 Å². The lowest BCUT2D eigenvalue weighted by atomic mass is 9.90. The third-order valence-corrected chi connectivity index (χ3v) is 7.20. The lowest BCUT2D eigenvalue weighted by Gasteiger charge is -2.38. The zero-order valence-corrected chi connectivity index (χ0v) is 19.7. The lowest BCUT2D eigenvalue weighted by molar-refractivity contribution is -0.137. The van der Waals surface area contributed by atoms with Crippen LogP contribution in [0.3, 0.4) is 0 Å². The maximum Gasteiger partial charge on any atom is 0.416 e. The number of aryl methyl sites for hydroxylation is 1. The molecule has 2 aromatic carbocycles. The van der Waals surface area contributed by atoms with E-state index in [1.165, 1.54) is 21.9 Å². The molecule has 1 aliphatic rings. The van der Waals surface area contributed by atoms with Gasteiger partial charge < -0.3 is 9.80 Å². The Labute approximate surface area is 200 Å². The van der Waals surface area contributed by atoms with Crippen LogP contribution in [0.15, 0.2) is 60.0 Å². The van der Waals surface area contributed by atoms with Gasteiger partial charge in [-0.25, -0.2) is 0 Å². The Morgan fingerprint density at radius 2 is 1.85 bits per heavy atom. The van der Waals surface area contributed by atoms with E-state index in [2.05, 4.69) is 0 Å². The summed E-state index contributed by atoms with van der Waals surface area (Å²) < 4.78 is 39.3. The Balaban J connectivity index is 1.60. The van der Waals surface area contributed by atoms with Crippen LogP contribution in [-0.4, -0.2) is 41.2 Å². The standard InChI is InChI=1S/C26H25F3N2O2S/c1-3-30(25(33)18-8-6-9-19(15-18)26(27,28)29)16-23(32)31-13-11-22-21(12-14-34-22)24(31)20-10-5-4-7-17(20)2/h4-10,12,14-15,24H,3,11,13,16H2,1-2H3. The molecule has 0 radical (unpaired) electrons. The van der Waals surface area contributed by atoms with E-state index in [1.807, 2.05) is 42.6 Å². The fourth-order valence-electron chi connectivity index (χ4n) is 4.41. The summed E-state index contributed by atoms with van der Waals surface area (Å²) in [5.41, 5.74) is 2.21.